The number of anilines is 2. The molecule has 5 nitrogen and oxygen atoms in total. The molecule has 3 heterocycles. The highest BCUT2D eigenvalue weighted by Crippen LogP contribution is 2.57. The Balaban J connectivity index is 1.65. The van der Waals surface area contributed by atoms with E-state index in [2.05, 4.69) is 11.4 Å². The predicted octanol–water partition coefficient (Wildman–Crippen LogP) is 5.21. The number of ketones is 2. The molecule has 35 heavy (non-hydrogen) atoms. The summed E-state index contributed by atoms with van der Waals surface area (Å²) in [5, 5.41) is 3.53. The van der Waals surface area contributed by atoms with Crippen molar-refractivity contribution >= 4 is 46.5 Å². The Kier molecular flexibility index (Phi) is 4.77. The van der Waals surface area contributed by atoms with Crippen LogP contribution in [0.2, 0.25) is 5.02 Å². The molecule has 0 bridgehead atoms. The van der Waals surface area contributed by atoms with Crippen LogP contribution in [0, 0.1) is 12.8 Å². The standard InChI is InChI=1S/C29H23ClN2O3/c1-16-7-13-23-19(15-16)10-14-24-29(21-5-3-4-6-22(21)31-28(29)35)25(26(17(2)33)32(23)24)27(34)18-8-11-20(30)12-9-18/h3-15,24-26H,1-2H3,(H,31,35). The minimum absolute atomic E-state index is 0.154. The maximum absolute atomic E-state index is 14.3. The molecule has 6 heteroatoms. The third kappa shape index (κ3) is 2.91. The van der Waals surface area contributed by atoms with E-state index in [0.29, 0.717) is 16.3 Å². The summed E-state index contributed by atoms with van der Waals surface area (Å²) in [6.45, 7) is 3.52. The fraction of sp³-hybridized carbons (Fsp3) is 0.207. The SMILES string of the molecule is CC(=O)C1C(C(=O)c2ccc(Cl)cc2)C2(C(=O)Nc3ccccc32)C2C=Cc3cc(C)ccc3N12. The van der Waals surface area contributed by atoms with Gasteiger partial charge in [-0.2, -0.15) is 0 Å². The average Bonchev–Trinajstić information content (AvgIpc) is 3.32. The normalized spacial score (nSPS) is 25.7. The molecule has 0 saturated carbocycles. The summed E-state index contributed by atoms with van der Waals surface area (Å²) in [7, 11) is 0. The van der Waals surface area contributed by atoms with Gasteiger partial charge in [-0.15, -0.1) is 0 Å². The van der Waals surface area contributed by atoms with E-state index in [1.54, 1.807) is 24.3 Å². The minimum atomic E-state index is -1.26. The Labute approximate surface area is 208 Å². The summed E-state index contributed by atoms with van der Waals surface area (Å²) < 4.78 is 0. The lowest BCUT2D eigenvalue weighted by atomic mass is 9.64. The Morgan fingerprint density at radius 2 is 1.77 bits per heavy atom. The molecule has 3 aromatic rings. The summed E-state index contributed by atoms with van der Waals surface area (Å²) in [5.41, 5.74) is 3.51. The van der Waals surface area contributed by atoms with E-state index in [1.807, 2.05) is 60.4 Å². The van der Waals surface area contributed by atoms with Crippen molar-refractivity contribution in [1.29, 1.82) is 0 Å². The van der Waals surface area contributed by atoms with Gasteiger partial charge < -0.3 is 10.2 Å². The molecule has 1 amide bonds. The second-order valence-corrected chi connectivity index (χ2v) is 9.98. The third-order valence-corrected chi connectivity index (χ3v) is 7.87. The summed E-state index contributed by atoms with van der Waals surface area (Å²) in [4.78, 5) is 43.6. The maximum atomic E-state index is 14.3. The Morgan fingerprint density at radius 3 is 2.51 bits per heavy atom. The number of Topliss-reactive ketones (excluding diaryl/α,β-unsaturated/α-hetero) is 2. The van der Waals surface area contributed by atoms with Crippen LogP contribution >= 0.6 is 11.6 Å². The molecule has 4 atom stereocenters. The third-order valence-electron chi connectivity index (χ3n) is 7.62. The first-order valence-electron chi connectivity index (χ1n) is 11.6. The highest BCUT2D eigenvalue weighted by Gasteiger charge is 2.69. The van der Waals surface area contributed by atoms with Gasteiger partial charge in [-0.25, -0.2) is 0 Å². The highest BCUT2D eigenvalue weighted by atomic mass is 35.5. The van der Waals surface area contributed by atoms with Crippen LogP contribution in [0.3, 0.4) is 0 Å². The van der Waals surface area contributed by atoms with E-state index in [-0.39, 0.29) is 17.5 Å². The van der Waals surface area contributed by atoms with Gasteiger partial charge in [0.25, 0.3) is 0 Å². The second kappa shape index (κ2) is 7.65. The number of benzene rings is 3. The Morgan fingerprint density at radius 1 is 1.03 bits per heavy atom. The van der Waals surface area contributed by atoms with Crippen LogP contribution in [-0.4, -0.2) is 29.6 Å². The molecule has 1 saturated heterocycles. The molecule has 0 aromatic heterocycles. The number of nitrogens with one attached hydrogen (secondary N) is 1. The molecule has 3 aliphatic rings. The first-order valence-corrected chi connectivity index (χ1v) is 12.0. The Bertz CT molecular complexity index is 1440. The smallest absolute Gasteiger partial charge is 0.238 e. The summed E-state index contributed by atoms with van der Waals surface area (Å²) in [6.07, 6.45) is 3.99. The van der Waals surface area contributed by atoms with E-state index >= 15 is 0 Å². The molecule has 174 valence electrons. The topological polar surface area (TPSA) is 66.5 Å². The number of aryl methyl sites for hydroxylation is 1. The molecule has 3 aliphatic heterocycles. The van der Waals surface area contributed by atoms with Gasteiger partial charge in [-0.1, -0.05) is 53.6 Å². The molecule has 0 aliphatic carbocycles. The van der Waals surface area contributed by atoms with Crippen LogP contribution in [0.4, 0.5) is 11.4 Å². The summed E-state index contributed by atoms with van der Waals surface area (Å²) in [5.74, 6) is -1.58. The number of halogens is 1. The van der Waals surface area contributed by atoms with E-state index in [1.165, 1.54) is 6.92 Å². The van der Waals surface area contributed by atoms with Crippen LogP contribution in [0.15, 0.2) is 72.8 Å². The molecule has 1 N–H and O–H groups in total. The monoisotopic (exact) mass is 482 g/mol. The number of amides is 1. The van der Waals surface area contributed by atoms with Crippen LogP contribution in [0.5, 0.6) is 0 Å². The number of carbonyl (C=O) groups excluding carboxylic acids is 3. The average molecular weight is 483 g/mol. The van der Waals surface area contributed by atoms with Crippen molar-refractivity contribution < 1.29 is 14.4 Å². The first-order chi connectivity index (χ1) is 16.8. The van der Waals surface area contributed by atoms with Gasteiger partial charge in [0, 0.05) is 22.0 Å². The van der Waals surface area contributed by atoms with Crippen molar-refractivity contribution in [3.05, 3.63) is 100 Å². The maximum Gasteiger partial charge on any atom is 0.238 e. The van der Waals surface area contributed by atoms with Crippen LogP contribution in [-0.2, 0) is 15.0 Å². The van der Waals surface area contributed by atoms with E-state index in [9.17, 15) is 14.4 Å². The lowest BCUT2D eigenvalue weighted by molar-refractivity contribution is -0.122. The van der Waals surface area contributed by atoms with Crippen molar-refractivity contribution in [3.8, 4) is 0 Å². The van der Waals surface area contributed by atoms with Crippen LogP contribution < -0.4 is 10.2 Å². The quantitative estimate of drug-likeness (QED) is 0.520. The number of hydrogen-bond donors (Lipinski definition) is 1. The van der Waals surface area contributed by atoms with Gasteiger partial charge in [-0.05, 0) is 67.4 Å². The zero-order chi connectivity index (χ0) is 24.5. The van der Waals surface area contributed by atoms with Crippen molar-refractivity contribution in [2.24, 2.45) is 5.92 Å². The van der Waals surface area contributed by atoms with Gasteiger partial charge in [0.1, 0.15) is 5.41 Å². The molecular formula is C29H23ClN2O3. The number of rotatable bonds is 3. The summed E-state index contributed by atoms with van der Waals surface area (Å²) >= 11 is 6.09. The van der Waals surface area contributed by atoms with E-state index < -0.39 is 23.4 Å². The number of nitrogens with zero attached hydrogens (tertiary/aromatic N) is 1. The van der Waals surface area contributed by atoms with Gasteiger partial charge in [0.05, 0.1) is 18.0 Å². The molecule has 1 fully saturated rings. The number of para-hydroxylation sites is 1. The zero-order valence-electron chi connectivity index (χ0n) is 19.3. The lowest BCUT2D eigenvalue weighted by Gasteiger charge is -2.37. The highest BCUT2D eigenvalue weighted by molar-refractivity contribution is 6.30. The fourth-order valence-corrected chi connectivity index (χ4v) is 6.37. The van der Waals surface area contributed by atoms with Crippen molar-refractivity contribution in [2.45, 2.75) is 31.3 Å². The number of hydrogen-bond acceptors (Lipinski definition) is 4. The largest absolute Gasteiger partial charge is 0.352 e. The second-order valence-electron chi connectivity index (χ2n) is 9.55. The van der Waals surface area contributed by atoms with Crippen molar-refractivity contribution in [1.82, 2.24) is 0 Å². The van der Waals surface area contributed by atoms with Crippen LogP contribution in [0.1, 0.15) is 34.0 Å². The molecule has 1 spiro atoms. The van der Waals surface area contributed by atoms with Crippen molar-refractivity contribution in [3.63, 3.8) is 0 Å². The van der Waals surface area contributed by atoms with E-state index in [4.69, 9.17) is 11.6 Å². The molecule has 3 aromatic carbocycles. The summed E-state index contributed by atoms with van der Waals surface area (Å²) in [6, 6.07) is 18.9. The first kappa shape index (κ1) is 21.8. The lowest BCUT2D eigenvalue weighted by Crippen LogP contribution is -2.51. The number of fused-ring (bicyclic) bond motifs is 6. The molecule has 4 unspecified atom stereocenters. The van der Waals surface area contributed by atoms with Gasteiger partial charge in [0.2, 0.25) is 5.91 Å². The van der Waals surface area contributed by atoms with E-state index in [0.717, 1.165) is 22.4 Å². The molecule has 0 radical (unpaired) electrons. The number of carbonyl (C=O) groups is 3. The Hall–Kier alpha value is -3.70. The van der Waals surface area contributed by atoms with Gasteiger partial charge in [0.15, 0.2) is 11.6 Å². The van der Waals surface area contributed by atoms with Crippen LogP contribution in [0.25, 0.3) is 6.08 Å². The predicted molar refractivity (Wildman–Crippen MR) is 137 cm³/mol. The van der Waals surface area contributed by atoms with Crippen molar-refractivity contribution in [2.75, 3.05) is 10.2 Å². The minimum Gasteiger partial charge on any atom is -0.352 e. The van der Waals surface area contributed by atoms with Gasteiger partial charge in [-0.3, -0.25) is 14.4 Å². The molecular weight excluding hydrogens is 460 g/mol. The zero-order valence-corrected chi connectivity index (χ0v) is 20.0. The van der Waals surface area contributed by atoms with Gasteiger partial charge >= 0.3 is 0 Å². The molecule has 6 rings (SSSR count). The fourth-order valence-electron chi connectivity index (χ4n) is 6.25.